The van der Waals surface area contributed by atoms with Crippen LogP contribution in [0, 0.1) is 19.8 Å². The third-order valence-electron chi connectivity index (χ3n) is 4.66. The third kappa shape index (κ3) is 4.28. The molecule has 0 amide bonds. The average Bonchev–Trinajstić information content (AvgIpc) is 2.82. The summed E-state index contributed by atoms with van der Waals surface area (Å²) in [6.45, 7) is 5.45. The Morgan fingerprint density at radius 3 is 2.78 bits per heavy atom. The molecule has 3 heterocycles. The van der Waals surface area contributed by atoms with E-state index in [1.165, 1.54) is 4.31 Å². The van der Waals surface area contributed by atoms with Crippen molar-refractivity contribution in [1.29, 1.82) is 0 Å². The molecule has 2 aromatic heterocycles. The predicted molar refractivity (Wildman–Crippen MR) is 101 cm³/mol. The summed E-state index contributed by atoms with van der Waals surface area (Å²) < 4.78 is 32.9. The lowest BCUT2D eigenvalue weighted by Gasteiger charge is -2.23. The van der Waals surface area contributed by atoms with Crippen molar-refractivity contribution >= 4 is 15.8 Å². The number of rotatable bonds is 5. The summed E-state index contributed by atoms with van der Waals surface area (Å²) in [5.74, 6) is 1.27. The molecular formula is C17H26N6O3S. The second-order valence-corrected chi connectivity index (χ2v) is 8.93. The van der Waals surface area contributed by atoms with Gasteiger partial charge in [0.15, 0.2) is 5.76 Å². The number of aryl methyl sites for hydroxylation is 2. The van der Waals surface area contributed by atoms with Crippen molar-refractivity contribution in [2.24, 2.45) is 5.92 Å². The number of anilines is 1. The first-order valence-electron chi connectivity index (χ1n) is 8.91. The zero-order valence-electron chi connectivity index (χ0n) is 16.1. The van der Waals surface area contributed by atoms with Crippen LogP contribution < -0.4 is 10.2 Å². The van der Waals surface area contributed by atoms with E-state index >= 15 is 0 Å². The van der Waals surface area contributed by atoms with Gasteiger partial charge in [0, 0.05) is 45.5 Å². The fourth-order valence-electron chi connectivity index (χ4n) is 3.32. The van der Waals surface area contributed by atoms with Gasteiger partial charge in [-0.2, -0.15) is 4.31 Å². The lowest BCUT2D eigenvalue weighted by molar-refractivity contribution is 0.370. The molecule has 10 heteroatoms. The van der Waals surface area contributed by atoms with Gasteiger partial charge in [0.05, 0.1) is 0 Å². The van der Waals surface area contributed by atoms with Crippen LogP contribution in [0.15, 0.2) is 21.8 Å². The first kappa shape index (κ1) is 19.7. The largest absolute Gasteiger partial charge is 0.363 e. The second kappa shape index (κ2) is 7.91. The lowest BCUT2D eigenvalue weighted by Crippen LogP contribution is -2.37. The van der Waals surface area contributed by atoms with Gasteiger partial charge in [-0.05, 0) is 32.7 Å². The van der Waals surface area contributed by atoms with E-state index in [0.29, 0.717) is 37.5 Å². The van der Waals surface area contributed by atoms with Crippen molar-refractivity contribution in [3.05, 3.63) is 29.5 Å². The van der Waals surface area contributed by atoms with Crippen molar-refractivity contribution in [2.45, 2.75) is 25.2 Å². The third-order valence-corrected chi connectivity index (χ3v) is 6.77. The molecular weight excluding hydrogens is 368 g/mol. The summed E-state index contributed by atoms with van der Waals surface area (Å²) in [5.41, 5.74) is 1.30. The van der Waals surface area contributed by atoms with E-state index in [0.717, 1.165) is 18.1 Å². The fourth-order valence-corrected chi connectivity index (χ4v) is 5.13. The molecule has 2 aromatic rings. The Hall–Kier alpha value is -2.04. The topological polar surface area (TPSA) is 104 Å². The molecule has 3 rings (SSSR count). The van der Waals surface area contributed by atoms with E-state index in [1.807, 2.05) is 25.1 Å². The lowest BCUT2D eigenvalue weighted by atomic mass is 10.0. The Balaban J connectivity index is 1.81. The maximum atomic E-state index is 13.2. The Morgan fingerprint density at radius 2 is 2.11 bits per heavy atom. The quantitative estimate of drug-likeness (QED) is 0.786. The van der Waals surface area contributed by atoms with Gasteiger partial charge in [0.2, 0.25) is 10.0 Å². The van der Waals surface area contributed by atoms with E-state index in [1.54, 1.807) is 20.2 Å². The standard InChI is InChI=1S/C17H26N6O3S/c1-12-17(13(2)26-21-12)27(24,25)23-6-5-18-9-14(10-23)7-15-8-16(22(3)4)20-11-19-15/h8,11,14,18H,5-7,9-10H2,1-4H3/t14-/m1/s1. The summed E-state index contributed by atoms with van der Waals surface area (Å²) in [7, 11) is 0.202. The normalized spacial score (nSPS) is 19.0. The minimum atomic E-state index is -3.65. The molecule has 1 aliphatic heterocycles. The fraction of sp³-hybridized carbons (Fsp3) is 0.588. The van der Waals surface area contributed by atoms with Gasteiger partial charge < -0.3 is 14.7 Å². The Kier molecular flexibility index (Phi) is 5.78. The second-order valence-electron chi connectivity index (χ2n) is 7.05. The number of nitrogens with one attached hydrogen (secondary N) is 1. The van der Waals surface area contributed by atoms with Crippen molar-refractivity contribution in [3.8, 4) is 0 Å². The van der Waals surface area contributed by atoms with Crippen molar-refractivity contribution in [2.75, 3.05) is 45.2 Å². The molecule has 0 radical (unpaired) electrons. The van der Waals surface area contributed by atoms with Crippen molar-refractivity contribution in [3.63, 3.8) is 0 Å². The van der Waals surface area contributed by atoms with Gasteiger partial charge in [-0.1, -0.05) is 5.16 Å². The molecule has 0 unspecified atom stereocenters. The molecule has 0 aliphatic carbocycles. The number of nitrogens with zero attached hydrogens (tertiary/aromatic N) is 5. The van der Waals surface area contributed by atoms with Gasteiger partial charge in [-0.15, -0.1) is 0 Å². The highest BCUT2D eigenvalue weighted by Gasteiger charge is 2.33. The Bertz CT molecular complexity index is 876. The highest BCUT2D eigenvalue weighted by molar-refractivity contribution is 7.89. The monoisotopic (exact) mass is 394 g/mol. The number of hydrogen-bond donors (Lipinski definition) is 1. The van der Waals surface area contributed by atoms with Crippen molar-refractivity contribution < 1.29 is 12.9 Å². The average molecular weight is 395 g/mol. The van der Waals surface area contributed by atoms with Crippen LogP contribution in [0.25, 0.3) is 0 Å². The van der Waals surface area contributed by atoms with Crippen LogP contribution in [-0.2, 0) is 16.4 Å². The molecule has 0 spiro atoms. The zero-order valence-corrected chi connectivity index (χ0v) is 17.0. The molecule has 1 atom stereocenters. The Labute approximate surface area is 159 Å². The van der Waals surface area contributed by atoms with Gasteiger partial charge in [0.1, 0.15) is 22.7 Å². The highest BCUT2D eigenvalue weighted by Crippen LogP contribution is 2.25. The molecule has 9 nitrogen and oxygen atoms in total. The molecule has 1 N–H and O–H groups in total. The maximum absolute atomic E-state index is 13.2. The van der Waals surface area contributed by atoms with Crippen LogP contribution in [0.4, 0.5) is 5.82 Å². The van der Waals surface area contributed by atoms with Crippen LogP contribution in [0.1, 0.15) is 17.1 Å². The minimum absolute atomic E-state index is 0.104. The van der Waals surface area contributed by atoms with Crippen LogP contribution in [0.3, 0.4) is 0 Å². The molecule has 1 aliphatic rings. The molecule has 148 valence electrons. The summed E-state index contributed by atoms with van der Waals surface area (Å²) in [4.78, 5) is 10.7. The van der Waals surface area contributed by atoms with E-state index in [4.69, 9.17) is 4.52 Å². The van der Waals surface area contributed by atoms with E-state index in [9.17, 15) is 8.42 Å². The smallest absolute Gasteiger partial charge is 0.248 e. The zero-order chi connectivity index (χ0) is 19.6. The number of hydrogen-bond acceptors (Lipinski definition) is 8. The summed E-state index contributed by atoms with van der Waals surface area (Å²) in [6.07, 6.45) is 2.22. The number of aromatic nitrogens is 3. The Morgan fingerprint density at radius 1 is 1.33 bits per heavy atom. The first-order chi connectivity index (χ1) is 12.8. The van der Waals surface area contributed by atoms with E-state index in [-0.39, 0.29) is 10.8 Å². The first-order valence-corrected chi connectivity index (χ1v) is 10.3. The van der Waals surface area contributed by atoms with Crippen LogP contribution in [0.5, 0.6) is 0 Å². The van der Waals surface area contributed by atoms with Gasteiger partial charge in [-0.25, -0.2) is 18.4 Å². The SMILES string of the molecule is Cc1noc(C)c1S(=O)(=O)N1CCNC[C@@H](Cc2cc(N(C)C)ncn2)C1. The number of sulfonamides is 1. The van der Waals surface area contributed by atoms with Crippen molar-refractivity contribution in [1.82, 2.24) is 24.7 Å². The van der Waals surface area contributed by atoms with Crippen LogP contribution in [-0.4, -0.2) is 68.1 Å². The van der Waals surface area contributed by atoms with Gasteiger partial charge in [0.25, 0.3) is 0 Å². The molecule has 27 heavy (non-hydrogen) atoms. The molecule has 1 saturated heterocycles. The highest BCUT2D eigenvalue weighted by atomic mass is 32.2. The van der Waals surface area contributed by atoms with Gasteiger partial charge in [-0.3, -0.25) is 0 Å². The van der Waals surface area contributed by atoms with E-state index < -0.39 is 10.0 Å². The maximum Gasteiger partial charge on any atom is 0.248 e. The molecule has 0 bridgehead atoms. The van der Waals surface area contributed by atoms with Gasteiger partial charge >= 0.3 is 0 Å². The van der Waals surface area contributed by atoms with Crippen LogP contribution >= 0.6 is 0 Å². The minimum Gasteiger partial charge on any atom is -0.363 e. The molecule has 1 fully saturated rings. The summed E-state index contributed by atoms with van der Waals surface area (Å²) >= 11 is 0. The van der Waals surface area contributed by atoms with Crippen LogP contribution in [0.2, 0.25) is 0 Å². The van der Waals surface area contributed by atoms with E-state index in [2.05, 4.69) is 20.4 Å². The summed E-state index contributed by atoms with van der Waals surface area (Å²) in [6, 6.07) is 1.94. The predicted octanol–water partition coefficient (Wildman–Crippen LogP) is 0.600. The molecule has 0 aromatic carbocycles. The molecule has 0 saturated carbocycles. The summed E-state index contributed by atoms with van der Waals surface area (Å²) in [5, 5.41) is 7.13.